The first-order valence-electron chi connectivity index (χ1n) is 10.4. The molecule has 4 aromatic carbocycles. The second kappa shape index (κ2) is 9.05. The summed E-state index contributed by atoms with van der Waals surface area (Å²) in [5, 5.41) is 7.19. The van der Waals surface area contributed by atoms with E-state index in [1.807, 2.05) is 85.7 Å². The van der Waals surface area contributed by atoms with Crippen molar-refractivity contribution in [1.82, 2.24) is 0 Å². The lowest BCUT2D eigenvalue weighted by Gasteiger charge is -2.26. The Hall–Kier alpha value is -3.68. The first-order valence-corrected chi connectivity index (χ1v) is 12.0. The molecular weight excluding hydrogens is 434 g/mol. The van der Waals surface area contributed by atoms with Crippen LogP contribution in [0, 0.1) is 0 Å². The number of rotatable bonds is 6. The van der Waals surface area contributed by atoms with Gasteiger partial charge in [-0.05, 0) is 42.0 Å². The SMILES string of the molecule is CN(C)c1cccc2c(N(C(=O)Cc3ccccc3)c3ccc(S(N)(=O)=O)cc3)cccc12. The van der Waals surface area contributed by atoms with Crippen molar-refractivity contribution in [2.75, 3.05) is 23.9 Å². The Kier molecular flexibility index (Phi) is 6.18. The highest BCUT2D eigenvalue weighted by atomic mass is 32.2. The lowest BCUT2D eigenvalue weighted by molar-refractivity contribution is -0.117. The number of hydrogen-bond acceptors (Lipinski definition) is 4. The molecule has 0 bridgehead atoms. The number of carbonyl (C=O) groups excluding carboxylic acids is 1. The van der Waals surface area contributed by atoms with Gasteiger partial charge < -0.3 is 4.90 Å². The van der Waals surface area contributed by atoms with Crippen LogP contribution in [0.1, 0.15) is 5.56 Å². The lowest BCUT2D eigenvalue weighted by Crippen LogP contribution is -2.28. The van der Waals surface area contributed by atoms with Crippen LogP contribution >= 0.6 is 0 Å². The van der Waals surface area contributed by atoms with Gasteiger partial charge in [0.05, 0.1) is 17.0 Å². The van der Waals surface area contributed by atoms with Crippen molar-refractivity contribution in [2.45, 2.75) is 11.3 Å². The predicted octanol–water partition coefficient (Wildman–Crippen LogP) is 4.46. The third-order valence-electron chi connectivity index (χ3n) is 5.47. The van der Waals surface area contributed by atoms with E-state index in [2.05, 4.69) is 0 Å². The quantitative estimate of drug-likeness (QED) is 0.461. The Morgan fingerprint density at radius 1 is 0.758 bits per heavy atom. The van der Waals surface area contributed by atoms with E-state index in [-0.39, 0.29) is 17.2 Å². The van der Waals surface area contributed by atoms with E-state index < -0.39 is 10.0 Å². The summed E-state index contributed by atoms with van der Waals surface area (Å²) in [5.41, 5.74) is 3.21. The molecular formula is C26H25N3O3S. The second-order valence-electron chi connectivity index (χ2n) is 7.97. The molecule has 0 aromatic heterocycles. The Balaban J connectivity index is 1.88. The summed E-state index contributed by atoms with van der Waals surface area (Å²) in [6.45, 7) is 0. The smallest absolute Gasteiger partial charge is 0.238 e. The van der Waals surface area contributed by atoms with Gasteiger partial charge in [0.1, 0.15) is 0 Å². The number of carbonyl (C=O) groups is 1. The average Bonchev–Trinajstić information content (AvgIpc) is 2.79. The van der Waals surface area contributed by atoms with Crippen LogP contribution in [0.15, 0.2) is 95.9 Å². The van der Waals surface area contributed by atoms with E-state index in [4.69, 9.17) is 5.14 Å². The largest absolute Gasteiger partial charge is 0.377 e. The molecule has 6 nitrogen and oxygen atoms in total. The summed E-state index contributed by atoms with van der Waals surface area (Å²) in [4.78, 5) is 17.3. The maximum Gasteiger partial charge on any atom is 0.238 e. The number of primary sulfonamides is 1. The fourth-order valence-corrected chi connectivity index (χ4v) is 4.43. The van der Waals surface area contributed by atoms with Gasteiger partial charge in [0.25, 0.3) is 0 Å². The monoisotopic (exact) mass is 459 g/mol. The molecule has 4 rings (SSSR count). The van der Waals surface area contributed by atoms with Gasteiger partial charge >= 0.3 is 0 Å². The molecule has 33 heavy (non-hydrogen) atoms. The molecule has 0 fully saturated rings. The van der Waals surface area contributed by atoms with E-state index in [1.54, 1.807) is 17.0 Å². The van der Waals surface area contributed by atoms with Crippen LogP contribution in [0.2, 0.25) is 0 Å². The fraction of sp³-hybridized carbons (Fsp3) is 0.115. The number of sulfonamides is 1. The van der Waals surface area contributed by atoms with E-state index in [1.165, 1.54) is 12.1 Å². The number of nitrogens with zero attached hydrogens (tertiary/aromatic N) is 2. The molecule has 0 unspecified atom stereocenters. The normalized spacial score (nSPS) is 11.4. The van der Waals surface area contributed by atoms with Gasteiger partial charge in [-0.2, -0.15) is 0 Å². The van der Waals surface area contributed by atoms with Crippen molar-refractivity contribution in [3.63, 3.8) is 0 Å². The van der Waals surface area contributed by atoms with Crippen LogP contribution in [-0.4, -0.2) is 28.4 Å². The number of nitrogens with two attached hydrogens (primary N) is 1. The van der Waals surface area contributed by atoms with Crippen LogP contribution < -0.4 is 14.9 Å². The molecule has 0 saturated carbocycles. The maximum absolute atomic E-state index is 13.6. The molecule has 0 aliphatic heterocycles. The van der Waals surface area contributed by atoms with Gasteiger partial charge in [-0.25, -0.2) is 13.6 Å². The Morgan fingerprint density at radius 3 is 1.91 bits per heavy atom. The van der Waals surface area contributed by atoms with E-state index in [9.17, 15) is 13.2 Å². The highest BCUT2D eigenvalue weighted by molar-refractivity contribution is 7.89. The Bertz CT molecular complexity index is 1400. The predicted molar refractivity (Wildman–Crippen MR) is 133 cm³/mol. The van der Waals surface area contributed by atoms with E-state index in [0.29, 0.717) is 5.69 Å². The van der Waals surface area contributed by atoms with Gasteiger partial charge in [-0.1, -0.05) is 54.6 Å². The summed E-state index contributed by atoms with van der Waals surface area (Å²) in [6.07, 6.45) is 0.196. The number of hydrogen-bond donors (Lipinski definition) is 1. The van der Waals surface area contributed by atoms with Crippen LogP contribution in [0.5, 0.6) is 0 Å². The summed E-state index contributed by atoms with van der Waals surface area (Å²) < 4.78 is 23.5. The topological polar surface area (TPSA) is 83.7 Å². The minimum Gasteiger partial charge on any atom is -0.377 e. The molecule has 1 amide bonds. The molecule has 168 valence electrons. The molecule has 0 atom stereocenters. The van der Waals surface area contributed by atoms with Gasteiger partial charge in [-0.15, -0.1) is 0 Å². The minimum absolute atomic E-state index is 0.00507. The molecule has 7 heteroatoms. The molecule has 2 N–H and O–H groups in total. The summed E-state index contributed by atoms with van der Waals surface area (Å²) in [6, 6.07) is 27.4. The zero-order chi connectivity index (χ0) is 23.6. The van der Waals surface area contributed by atoms with Gasteiger partial charge in [0.15, 0.2) is 0 Å². The van der Waals surface area contributed by atoms with E-state index >= 15 is 0 Å². The Labute approximate surface area is 193 Å². The minimum atomic E-state index is -3.84. The fourth-order valence-electron chi connectivity index (χ4n) is 3.91. The number of anilines is 3. The molecule has 0 saturated heterocycles. The molecule has 0 radical (unpaired) electrons. The van der Waals surface area contributed by atoms with Crippen LogP contribution in [0.4, 0.5) is 17.1 Å². The lowest BCUT2D eigenvalue weighted by atomic mass is 10.0. The first kappa shape index (κ1) is 22.5. The number of amides is 1. The molecule has 0 heterocycles. The zero-order valence-corrected chi connectivity index (χ0v) is 19.3. The van der Waals surface area contributed by atoms with Crippen molar-refractivity contribution in [1.29, 1.82) is 0 Å². The highest BCUT2D eigenvalue weighted by Crippen LogP contribution is 2.36. The standard InChI is InChI=1S/C26H25N3O3S/c1-28(2)24-12-6-11-23-22(24)10-7-13-25(23)29(26(30)18-19-8-4-3-5-9-19)20-14-16-21(17-15-20)33(27,31)32/h3-17H,18H2,1-2H3,(H2,27,31,32). The first-order chi connectivity index (χ1) is 15.8. The highest BCUT2D eigenvalue weighted by Gasteiger charge is 2.22. The van der Waals surface area contributed by atoms with E-state index in [0.717, 1.165) is 27.7 Å². The summed E-state index contributed by atoms with van der Waals surface area (Å²) in [7, 11) is 0.118. The maximum atomic E-state index is 13.6. The van der Waals surface area contributed by atoms with Crippen molar-refractivity contribution in [3.8, 4) is 0 Å². The second-order valence-corrected chi connectivity index (χ2v) is 9.54. The summed E-state index contributed by atoms with van der Waals surface area (Å²) in [5.74, 6) is -0.132. The van der Waals surface area contributed by atoms with Crippen LogP contribution in [-0.2, 0) is 21.2 Å². The van der Waals surface area contributed by atoms with Crippen molar-refractivity contribution in [3.05, 3.63) is 96.6 Å². The van der Waals surface area contributed by atoms with Crippen molar-refractivity contribution in [2.24, 2.45) is 5.14 Å². The van der Waals surface area contributed by atoms with Crippen LogP contribution in [0.25, 0.3) is 10.8 Å². The summed E-state index contributed by atoms with van der Waals surface area (Å²) >= 11 is 0. The number of fused-ring (bicyclic) bond motifs is 1. The van der Waals surface area contributed by atoms with Gasteiger partial charge in [-0.3, -0.25) is 9.69 Å². The Morgan fingerprint density at radius 2 is 1.33 bits per heavy atom. The zero-order valence-electron chi connectivity index (χ0n) is 18.5. The molecule has 0 aliphatic rings. The third kappa shape index (κ3) is 4.74. The van der Waals surface area contributed by atoms with Gasteiger partial charge in [0.2, 0.25) is 15.9 Å². The van der Waals surface area contributed by atoms with Crippen LogP contribution in [0.3, 0.4) is 0 Å². The third-order valence-corrected chi connectivity index (χ3v) is 6.40. The van der Waals surface area contributed by atoms with Crippen molar-refractivity contribution < 1.29 is 13.2 Å². The van der Waals surface area contributed by atoms with Crippen molar-refractivity contribution >= 4 is 43.8 Å². The molecule has 0 aliphatic carbocycles. The molecule has 4 aromatic rings. The average molecular weight is 460 g/mol. The van der Waals surface area contributed by atoms with Gasteiger partial charge in [0, 0.05) is 36.2 Å². The number of benzene rings is 4. The molecule has 0 spiro atoms.